The molecule has 2 aromatic carbocycles. The zero-order chi connectivity index (χ0) is 12.5. The van der Waals surface area contributed by atoms with E-state index in [2.05, 4.69) is 52.8 Å². The van der Waals surface area contributed by atoms with Crippen LogP contribution in [-0.4, -0.2) is 19.0 Å². The fourth-order valence-corrected chi connectivity index (χ4v) is 2.42. The van der Waals surface area contributed by atoms with Gasteiger partial charge in [0.15, 0.2) is 5.96 Å². The van der Waals surface area contributed by atoms with E-state index in [1.165, 1.54) is 16.3 Å². The van der Waals surface area contributed by atoms with Gasteiger partial charge in [-0.1, -0.05) is 42.5 Å². The minimum atomic E-state index is 0.440. The van der Waals surface area contributed by atoms with Crippen LogP contribution in [0.1, 0.15) is 17.9 Å². The Hall–Kier alpha value is -2.03. The minimum absolute atomic E-state index is 0.440. The predicted octanol–water partition coefficient (Wildman–Crippen LogP) is 2.23. The van der Waals surface area contributed by atoms with Crippen LogP contribution in [0.5, 0.6) is 0 Å². The zero-order valence-corrected chi connectivity index (χ0v) is 10.4. The molecule has 2 aromatic rings. The third kappa shape index (κ3) is 2.04. The van der Waals surface area contributed by atoms with Crippen LogP contribution in [-0.2, 0) is 0 Å². The topological polar surface area (TPSA) is 50.4 Å². The van der Waals surface area contributed by atoms with Crippen molar-refractivity contribution in [2.75, 3.05) is 7.05 Å². The van der Waals surface area contributed by atoms with Crippen molar-refractivity contribution in [3.05, 3.63) is 48.0 Å². The number of nitrogens with zero attached hydrogens (tertiary/aromatic N) is 1. The van der Waals surface area contributed by atoms with Crippen LogP contribution in [0.2, 0.25) is 0 Å². The molecule has 0 heterocycles. The molecular formula is C15H17N3. The number of nitrogens with two attached hydrogens (primary N) is 1. The first kappa shape index (κ1) is 11.1. The number of aliphatic imine (C=N–C) groups is 1. The molecule has 0 saturated heterocycles. The summed E-state index contributed by atoms with van der Waals surface area (Å²) in [6.07, 6.45) is 1.13. The second kappa shape index (κ2) is 4.33. The van der Waals surface area contributed by atoms with Crippen molar-refractivity contribution in [1.29, 1.82) is 0 Å². The summed E-state index contributed by atoms with van der Waals surface area (Å²) in [5.41, 5.74) is 7.07. The van der Waals surface area contributed by atoms with E-state index in [-0.39, 0.29) is 0 Å². The Morgan fingerprint density at radius 1 is 1.22 bits per heavy atom. The fraction of sp³-hybridized carbons (Fsp3) is 0.267. The molecule has 18 heavy (non-hydrogen) atoms. The molecule has 1 fully saturated rings. The Labute approximate surface area is 107 Å². The number of benzene rings is 2. The van der Waals surface area contributed by atoms with Gasteiger partial charge in [0.1, 0.15) is 0 Å². The predicted molar refractivity (Wildman–Crippen MR) is 75.8 cm³/mol. The number of rotatable bonds is 2. The van der Waals surface area contributed by atoms with Gasteiger partial charge in [0.05, 0.1) is 0 Å². The highest BCUT2D eigenvalue weighted by atomic mass is 15.1. The van der Waals surface area contributed by atoms with E-state index < -0.39 is 0 Å². The molecule has 0 radical (unpaired) electrons. The second-order valence-electron chi connectivity index (χ2n) is 4.81. The van der Waals surface area contributed by atoms with Gasteiger partial charge < -0.3 is 11.1 Å². The van der Waals surface area contributed by atoms with Crippen molar-refractivity contribution in [3.63, 3.8) is 0 Å². The van der Waals surface area contributed by atoms with Crippen molar-refractivity contribution in [3.8, 4) is 0 Å². The third-order valence-electron chi connectivity index (χ3n) is 3.57. The van der Waals surface area contributed by atoms with Gasteiger partial charge in [0, 0.05) is 19.0 Å². The Bertz CT molecular complexity index is 603. The van der Waals surface area contributed by atoms with E-state index in [1.807, 2.05) is 0 Å². The number of hydrogen-bond acceptors (Lipinski definition) is 1. The molecule has 2 atom stereocenters. The molecule has 0 spiro atoms. The maximum atomic E-state index is 5.68. The van der Waals surface area contributed by atoms with E-state index in [4.69, 9.17) is 5.73 Å². The zero-order valence-electron chi connectivity index (χ0n) is 10.4. The summed E-state index contributed by atoms with van der Waals surface area (Å²) < 4.78 is 0. The van der Waals surface area contributed by atoms with Crippen LogP contribution in [0.15, 0.2) is 47.5 Å². The van der Waals surface area contributed by atoms with Crippen molar-refractivity contribution in [1.82, 2.24) is 5.32 Å². The smallest absolute Gasteiger partial charge is 0.188 e. The molecule has 1 aliphatic rings. The molecule has 0 amide bonds. The number of guanidine groups is 1. The first-order valence-electron chi connectivity index (χ1n) is 6.25. The lowest BCUT2D eigenvalue weighted by Crippen LogP contribution is -2.33. The van der Waals surface area contributed by atoms with E-state index >= 15 is 0 Å². The Morgan fingerprint density at radius 3 is 2.78 bits per heavy atom. The molecular weight excluding hydrogens is 222 g/mol. The lowest BCUT2D eigenvalue weighted by atomic mass is 10.0. The normalized spacial score (nSPS) is 23.1. The molecule has 3 heteroatoms. The van der Waals surface area contributed by atoms with Crippen molar-refractivity contribution in [2.45, 2.75) is 18.4 Å². The molecule has 1 aliphatic carbocycles. The Kier molecular flexibility index (Phi) is 2.67. The summed E-state index contributed by atoms with van der Waals surface area (Å²) in [6.45, 7) is 0. The van der Waals surface area contributed by atoms with E-state index in [0.717, 1.165) is 6.42 Å². The lowest BCUT2D eigenvalue weighted by Gasteiger charge is -2.05. The van der Waals surface area contributed by atoms with Crippen LogP contribution in [0, 0.1) is 0 Å². The van der Waals surface area contributed by atoms with E-state index in [0.29, 0.717) is 17.9 Å². The second-order valence-corrected chi connectivity index (χ2v) is 4.81. The van der Waals surface area contributed by atoms with Crippen LogP contribution in [0.4, 0.5) is 0 Å². The van der Waals surface area contributed by atoms with E-state index in [1.54, 1.807) is 7.05 Å². The van der Waals surface area contributed by atoms with Gasteiger partial charge in [0.2, 0.25) is 0 Å². The van der Waals surface area contributed by atoms with E-state index in [9.17, 15) is 0 Å². The number of nitrogens with one attached hydrogen (secondary N) is 1. The molecule has 0 unspecified atom stereocenters. The van der Waals surface area contributed by atoms with Crippen LogP contribution < -0.4 is 11.1 Å². The SMILES string of the molecule is CN=C(N)N[C@@H]1C[C@H]1c1ccc2ccccc2c1. The molecule has 3 nitrogen and oxygen atoms in total. The van der Waals surface area contributed by atoms with Gasteiger partial charge >= 0.3 is 0 Å². The largest absolute Gasteiger partial charge is 0.370 e. The summed E-state index contributed by atoms with van der Waals surface area (Å²) in [4.78, 5) is 3.93. The van der Waals surface area contributed by atoms with Crippen LogP contribution in [0.25, 0.3) is 10.8 Å². The minimum Gasteiger partial charge on any atom is -0.370 e. The van der Waals surface area contributed by atoms with Gasteiger partial charge in [-0.25, -0.2) is 0 Å². The summed E-state index contributed by atoms with van der Waals surface area (Å²) in [7, 11) is 1.70. The molecule has 92 valence electrons. The molecule has 0 aliphatic heterocycles. The summed E-state index contributed by atoms with van der Waals surface area (Å²) in [6, 6.07) is 15.6. The van der Waals surface area contributed by atoms with Crippen LogP contribution in [0.3, 0.4) is 0 Å². The summed E-state index contributed by atoms with van der Waals surface area (Å²) in [5.74, 6) is 1.10. The number of hydrogen-bond donors (Lipinski definition) is 2. The first-order valence-corrected chi connectivity index (χ1v) is 6.25. The molecule has 0 aromatic heterocycles. The van der Waals surface area contributed by atoms with Gasteiger partial charge in [-0.15, -0.1) is 0 Å². The Balaban J connectivity index is 1.80. The fourth-order valence-electron chi connectivity index (χ4n) is 2.42. The van der Waals surface area contributed by atoms with Crippen LogP contribution >= 0.6 is 0 Å². The molecule has 1 saturated carbocycles. The lowest BCUT2D eigenvalue weighted by molar-refractivity contribution is 0.858. The van der Waals surface area contributed by atoms with Crippen molar-refractivity contribution >= 4 is 16.7 Å². The highest BCUT2D eigenvalue weighted by Gasteiger charge is 2.38. The monoisotopic (exact) mass is 239 g/mol. The molecule has 3 rings (SSSR count). The van der Waals surface area contributed by atoms with Gasteiger partial charge in [-0.3, -0.25) is 4.99 Å². The Morgan fingerprint density at radius 2 is 2.00 bits per heavy atom. The third-order valence-corrected chi connectivity index (χ3v) is 3.57. The van der Waals surface area contributed by atoms with Gasteiger partial charge in [-0.2, -0.15) is 0 Å². The van der Waals surface area contributed by atoms with Gasteiger partial charge in [-0.05, 0) is 22.8 Å². The molecule has 3 N–H and O–H groups in total. The van der Waals surface area contributed by atoms with Gasteiger partial charge in [0.25, 0.3) is 0 Å². The maximum absolute atomic E-state index is 5.68. The average molecular weight is 239 g/mol. The number of fused-ring (bicyclic) bond motifs is 1. The maximum Gasteiger partial charge on any atom is 0.188 e. The van der Waals surface area contributed by atoms with Crippen molar-refractivity contribution in [2.24, 2.45) is 10.7 Å². The molecule has 0 bridgehead atoms. The standard InChI is InChI=1S/C15H17N3/c1-17-15(16)18-14-9-13(14)12-7-6-10-4-2-3-5-11(10)8-12/h2-8,13-14H,9H2,1H3,(H3,16,17,18)/t13-,14+/m0/s1. The summed E-state index contributed by atoms with van der Waals surface area (Å²) in [5, 5.41) is 5.82. The summed E-state index contributed by atoms with van der Waals surface area (Å²) >= 11 is 0. The highest BCUT2D eigenvalue weighted by Crippen LogP contribution is 2.41. The quantitative estimate of drug-likeness (QED) is 0.623. The average Bonchev–Trinajstić information content (AvgIpc) is 3.17. The highest BCUT2D eigenvalue weighted by molar-refractivity contribution is 5.83. The van der Waals surface area contributed by atoms with Crippen molar-refractivity contribution < 1.29 is 0 Å². The first-order chi connectivity index (χ1) is 8.78.